The van der Waals surface area contributed by atoms with Gasteiger partial charge in [-0.2, -0.15) is 0 Å². The van der Waals surface area contributed by atoms with E-state index in [4.69, 9.17) is 4.74 Å². The monoisotopic (exact) mass is 350 g/mol. The Morgan fingerprint density at radius 1 is 1.15 bits per heavy atom. The maximum absolute atomic E-state index is 11.9. The maximum Gasteiger partial charge on any atom is 0.246 e. The summed E-state index contributed by atoms with van der Waals surface area (Å²) in [4.78, 5) is 20.8. The second-order valence-electron chi connectivity index (χ2n) is 6.62. The van der Waals surface area contributed by atoms with Gasteiger partial charge < -0.3 is 10.1 Å². The van der Waals surface area contributed by atoms with Crippen molar-refractivity contribution >= 4 is 16.9 Å². The zero-order chi connectivity index (χ0) is 17.8. The van der Waals surface area contributed by atoms with Gasteiger partial charge in [-0.25, -0.2) is 9.97 Å². The first-order valence-electron chi connectivity index (χ1n) is 9.05. The molecule has 0 atom stereocenters. The fraction of sp³-hybridized carbons (Fsp3) is 0.350. The average Bonchev–Trinajstić information content (AvgIpc) is 3.35. The summed E-state index contributed by atoms with van der Waals surface area (Å²) in [5.74, 6) is 0.722. The summed E-state index contributed by atoms with van der Waals surface area (Å²) in [7, 11) is 0. The molecule has 1 aromatic carbocycles. The number of rotatable bonds is 6. The van der Waals surface area contributed by atoms with Crippen LogP contribution in [-0.2, 0) is 16.1 Å². The van der Waals surface area contributed by atoms with Crippen LogP contribution in [0.5, 0.6) is 0 Å². The van der Waals surface area contributed by atoms with Crippen molar-refractivity contribution in [2.24, 2.45) is 0 Å². The molecule has 6 heteroatoms. The third kappa shape index (κ3) is 3.75. The van der Waals surface area contributed by atoms with Crippen molar-refractivity contribution in [2.75, 3.05) is 6.61 Å². The van der Waals surface area contributed by atoms with Crippen molar-refractivity contribution in [3.8, 4) is 5.82 Å². The van der Waals surface area contributed by atoms with Crippen LogP contribution in [0.2, 0.25) is 0 Å². The molecule has 1 amide bonds. The Balaban J connectivity index is 1.33. The van der Waals surface area contributed by atoms with E-state index in [-0.39, 0.29) is 18.6 Å². The lowest BCUT2D eigenvalue weighted by atomic mass is 10.2. The summed E-state index contributed by atoms with van der Waals surface area (Å²) >= 11 is 0. The topological polar surface area (TPSA) is 69.0 Å². The summed E-state index contributed by atoms with van der Waals surface area (Å²) < 4.78 is 7.58. The molecule has 2 aromatic heterocycles. The standard InChI is InChI=1S/C20H22N4O2/c25-20(13-26-16-5-1-2-6-16)22-12-15-9-10-19(21-11-15)24-14-23-17-7-3-4-8-18(17)24/h3-4,7-11,14,16H,1-2,5-6,12-13H2,(H,22,25). The minimum Gasteiger partial charge on any atom is -0.368 e. The number of imidazole rings is 1. The van der Waals surface area contributed by atoms with Gasteiger partial charge in [0.15, 0.2) is 0 Å². The van der Waals surface area contributed by atoms with E-state index in [0.29, 0.717) is 6.54 Å². The van der Waals surface area contributed by atoms with Crippen molar-refractivity contribution in [1.29, 1.82) is 0 Å². The van der Waals surface area contributed by atoms with Gasteiger partial charge in [-0.3, -0.25) is 9.36 Å². The second kappa shape index (κ2) is 7.66. The molecule has 0 spiro atoms. The number of carbonyl (C=O) groups excluding carboxylic acids is 1. The number of nitrogens with one attached hydrogen (secondary N) is 1. The molecule has 3 aromatic rings. The number of hydrogen-bond donors (Lipinski definition) is 1. The Morgan fingerprint density at radius 3 is 2.81 bits per heavy atom. The molecule has 0 bridgehead atoms. The third-order valence-electron chi connectivity index (χ3n) is 4.75. The van der Waals surface area contributed by atoms with E-state index in [1.54, 1.807) is 12.5 Å². The molecule has 0 aliphatic heterocycles. The number of amides is 1. The van der Waals surface area contributed by atoms with Gasteiger partial charge in [-0.05, 0) is 36.6 Å². The molecule has 26 heavy (non-hydrogen) atoms. The smallest absolute Gasteiger partial charge is 0.246 e. The largest absolute Gasteiger partial charge is 0.368 e. The minimum absolute atomic E-state index is 0.0819. The maximum atomic E-state index is 11.9. The van der Waals surface area contributed by atoms with E-state index >= 15 is 0 Å². The van der Waals surface area contributed by atoms with Gasteiger partial charge in [-0.1, -0.05) is 31.0 Å². The Bertz CT molecular complexity index is 882. The molecular formula is C20H22N4O2. The first-order valence-corrected chi connectivity index (χ1v) is 9.05. The van der Waals surface area contributed by atoms with Crippen LogP contribution < -0.4 is 5.32 Å². The summed E-state index contributed by atoms with van der Waals surface area (Å²) in [5, 5.41) is 2.88. The van der Waals surface area contributed by atoms with Gasteiger partial charge >= 0.3 is 0 Å². The lowest BCUT2D eigenvalue weighted by molar-refractivity contribution is -0.127. The van der Waals surface area contributed by atoms with Crippen LogP contribution in [-0.4, -0.2) is 33.2 Å². The first kappa shape index (κ1) is 16.7. The third-order valence-corrected chi connectivity index (χ3v) is 4.75. The van der Waals surface area contributed by atoms with Crippen LogP contribution in [0.15, 0.2) is 48.9 Å². The molecule has 0 radical (unpaired) electrons. The Kier molecular flexibility index (Phi) is 4.93. The summed E-state index contributed by atoms with van der Waals surface area (Å²) in [6.07, 6.45) is 8.36. The van der Waals surface area contributed by atoms with E-state index in [2.05, 4.69) is 15.3 Å². The number of nitrogens with zero attached hydrogens (tertiary/aromatic N) is 3. The molecule has 4 rings (SSSR count). The molecule has 1 N–H and O–H groups in total. The van der Waals surface area contributed by atoms with Gasteiger partial charge in [0.2, 0.25) is 5.91 Å². The van der Waals surface area contributed by atoms with Crippen LogP contribution >= 0.6 is 0 Å². The summed E-state index contributed by atoms with van der Waals surface area (Å²) in [6.45, 7) is 0.585. The lowest BCUT2D eigenvalue weighted by Crippen LogP contribution is -2.28. The quantitative estimate of drug-likeness (QED) is 0.742. The molecule has 1 saturated carbocycles. The Labute approximate surface area is 152 Å². The number of ether oxygens (including phenoxy) is 1. The first-order chi connectivity index (χ1) is 12.8. The van der Waals surface area contributed by atoms with Crippen molar-refractivity contribution in [3.05, 3.63) is 54.5 Å². The van der Waals surface area contributed by atoms with E-state index in [9.17, 15) is 4.79 Å². The fourth-order valence-electron chi connectivity index (χ4n) is 3.31. The highest BCUT2D eigenvalue weighted by Gasteiger charge is 2.16. The van der Waals surface area contributed by atoms with Crippen molar-refractivity contribution < 1.29 is 9.53 Å². The SMILES string of the molecule is O=C(COC1CCCC1)NCc1ccc(-n2cnc3ccccc32)nc1. The molecular weight excluding hydrogens is 328 g/mol. The van der Waals surface area contributed by atoms with E-state index < -0.39 is 0 Å². The number of para-hydroxylation sites is 2. The van der Waals surface area contributed by atoms with Crippen LogP contribution in [0.1, 0.15) is 31.2 Å². The average molecular weight is 350 g/mol. The van der Waals surface area contributed by atoms with E-state index in [0.717, 1.165) is 35.3 Å². The van der Waals surface area contributed by atoms with Gasteiger partial charge in [0.1, 0.15) is 18.8 Å². The van der Waals surface area contributed by atoms with Gasteiger partial charge in [0, 0.05) is 12.7 Å². The number of fused-ring (bicyclic) bond motifs is 1. The molecule has 134 valence electrons. The number of carbonyl (C=O) groups is 1. The predicted octanol–water partition coefficient (Wildman–Crippen LogP) is 3.00. The highest BCUT2D eigenvalue weighted by molar-refractivity contribution is 5.77. The van der Waals surface area contributed by atoms with Crippen LogP contribution in [0, 0.1) is 0 Å². The molecule has 0 saturated heterocycles. The van der Waals surface area contributed by atoms with Gasteiger partial charge in [0.25, 0.3) is 0 Å². The van der Waals surface area contributed by atoms with Crippen LogP contribution in [0.4, 0.5) is 0 Å². The van der Waals surface area contributed by atoms with Crippen molar-refractivity contribution in [2.45, 2.75) is 38.3 Å². The highest BCUT2D eigenvalue weighted by Crippen LogP contribution is 2.20. The second-order valence-corrected chi connectivity index (χ2v) is 6.62. The normalized spacial score (nSPS) is 14.8. The van der Waals surface area contributed by atoms with E-state index in [1.165, 1.54) is 12.8 Å². The number of pyridine rings is 1. The molecule has 2 heterocycles. The molecule has 6 nitrogen and oxygen atoms in total. The highest BCUT2D eigenvalue weighted by atomic mass is 16.5. The number of benzene rings is 1. The van der Waals surface area contributed by atoms with Crippen molar-refractivity contribution in [1.82, 2.24) is 19.9 Å². The number of aromatic nitrogens is 3. The zero-order valence-electron chi connectivity index (χ0n) is 14.6. The summed E-state index contributed by atoms with van der Waals surface area (Å²) in [5.41, 5.74) is 2.91. The molecule has 1 aliphatic rings. The van der Waals surface area contributed by atoms with Crippen molar-refractivity contribution in [3.63, 3.8) is 0 Å². The molecule has 0 unspecified atom stereocenters. The Hall–Kier alpha value is -2.73. The van der Waals surface area contributed by atoms with Gasteiger partial charge in [0.05, 0.1) is 17.1 Å². The molecule has 1 fully saturated rings. The zero-order valence-corrected chi connectivity index (χ0v) is 14.6. The van der Waals surface area contributed by atoms with Gasteiger partial charge in [-0.15, -0.1) is 0 Å². The predicted molar refractivity (Wildman–Crippen MR) is 98.9 cm³/mol. The summed E-state index contributed by atoms with van der Waals surface area (Å²) in [6, 6.07) is 11.8. The minimum atomic E-state index is -0.0819. The van der Waals surface area contributed by atoms with Crippen LogP contribution in [0.25, 0.3) is 16.9 Å². The lowest BCUT2D eigenvalue weighted by Gasteiger charge is -2.11. The van der Waals surface area contributed by atoms with E-state index in [1.807, 2.05) is 41.0 Å². The number of hydrogen-bond acceptors (Lipinski definition) is 4. The Morgan fingerprint density at radius 2 is 2.00 bits per heavy atom. The van der Waals surface area contributed by atoms with Crippen LogP contribution in [0.3, 0.4) is 0 Å². The molecule has 1 aliphatic carbocycles. The fourth-order valence-corrected chi connectivity index (χ4v) is 3.31.